The van der Waals surface area contributed by atoms with Crippen LogP contribution < -0.4 is 9.47 Å². The lowest BCUT2D eigenvalue weighted by atomic mass is 9.87. The first-order chi connectivity index (χ1) is 12.7. The van der Waals surface area contributed by atoms with Gasteiger partial charge >= 0.3 is 0 Å². The highest BCUT2D eigenvalue weighted by molar-refractivity contribution is 6.23. The molecule has 0 heterocycles. The van der Waals surface area contributed by atoms with Crippen LogP contribution in [0, 0.1) is 0 Å². The summed E-state index contributed by atoms with van der Waals surface area (Å²) < 4.78 is 16.1. The Morgan fingerprint density at radius 2 is 1.54 bits per heavy atom. The summed E-state index contributed by atoms with van der Waals surface area (Å²) in [5.41, 5.74) is 3.59. The summed E-state index contributed by atoms with van der Waals surface area (Å²) in [5, 5.41) is 1.94. The average molecular weight is 346 g/mol. The molecule has 3 aromatic carbocycles. The number of ether oxygens (including phenoxy) is 3. The first-order valence-electron chi connectivity index (χ1n) is 8.26. The average Bonchev–Trinajstić information content (AvgIpc) is 2.70. The fraction of sp³-hybridized carbons (Fsp3) is 0.136. The van der Waals surface area contributed by atoms with Crippen LogP contribution in [0.25, 0.3) is 28.0 Å². The number of rotatable bonds is 4. The van der Waals surface area contributed by atoms with Gasteiger partial charge in [0, 0.05) is 22.6 Å². The minimum Gasteiger partial charge on any atom is -0.497 e. The second kappa shape index (κ2) is 6.23. The normalized spacial score (nSPS) is 12.7. The molecule has 0 spiro atoms. The van der Waals surface area contributed by atoms with Crippen molar-refractivity contribution in [2.45, 2.75) is 0 Å². The lowest BCUT2D eigenvalue weighted by molar-refractivity contribution is 0.0957. The second-order valence-electron chi connectivity index (χ2n) is 6.04. The molecule has 0 amide bonds. The molecule has 0 saturated carbocycles. The van der Waals surface area contributed by atoms with Gasteiger partial charge in [0.2, 0.25) is 5.78 Å². The molecule has 4 heteroatoms. The van der Waals surface area contributed by atoms with E-state index in [9.17, 15) is 4.79 Å². The molecule has 0 aromatic heterocycles. The van der Waals surface area contributed by atoms with Gasteiger partial charge in [-0.1, -0.05) is 24.3 Å². The van der Waals surface area contributed by atoms with E-state index >= 15 is 0 Å². The molecule has 0 N–H and O–H groups in total. The van der Waals surface area contributed by atoms with Gasteiger partial charge < -0.3 is 14.2 Å². The standard InChI is InChI=1S/C22H18O4/c1-24-14-7-8-16(19(12-14)25-2)15-9-10-18-21-13(5-4-6-17(15)21)11-20(26-3)22(18)23/h4-12H,1-3H3. The number of carbonyl (C=O) groups excluding carboxylic acids is 1. The third-order valence-corrected chi connectivity index (χ3v) is 4.75. The van der Waals surface area contributed by atoms with Crippen molar-refractivity contribution in [1.29, 1.82) is 0 Å². The van der Waals surface area contributed by atoms with Gasteiger partial charge in [0.1, 0.15) is 11.5 Å². The van der Waals surface area contributed by atoms with E-state index in [1.54, 1.807) is 20.3 Å². The van der Waals surface area contributed by atoms with Crippen LogP contribution in [-0.4, -0.2) is 27.1 Å². The van der Waals surface area contributed by atoms with Crippen molar-refractivity contribution >= 4 is 22.6 Å². The Kier molecular flexibility index (Phi) is 3.88. The Balaban J connectivity index is 2.02. The van der Waals surface area contributed by atoms with Crippen LogP contribution >= 0.6 is 0 Å². The molecule has 0 aliphatic heterocycles. The SMILES string of the molecule is COC1=Cc2cccc3c(-c4ccc(OC)cc4OC)ccc(c23)C1=O. The highest BCUT2D eigenvalue weighted by Crippen LogP contribution is 2.41. The molecule has 0 saturated heterocycles. The fourth-order valence-electron chi connectivity index (χ4n) is 3.49. The Labute approximate surface area is 151 Å². The quantitative estimate of drug-likeness (QED) is 0.686. The van der Waals surface area contributed by atoms with Crippen molar-refractivity contribution in [2.75, 3.05) is 21.3 Å². The lowest BCUT2D eigenvalue weighted by Gasteiger charge is -2.19. The van der Waals surface area contributed by atoms with Crippen molar-refractivity contribution in [3.63, 3.8) is 0 Å². The number of ketones is 1. The van der Waals surface area contributed by atoms with Crippen LogP contribution in [0.1, 0.15) is 15.9 Å². The third kappa shape index (κ3) is 2.34. The summed E-state index contributed by atoms with van der Waals surface area (Å²) >= 11 is 0. The summed E-state index contributed by atoms with van der Waals surface area (Å²) in [5.74, 6) is 1.72. The summed E-state index contributed by atoms with van der Waals surface area (Å²) in [4.78, 5) is 12.7. The molecule has 0 radical (unpaired) electrons. The van der Waals surface area contributed by atoms with Crippen LogP contribution in [-0.2, 0) is 4.74 Å². The number of benzene rings is 3. The van der Waals surface area contributed by atoms with E-state index in [2.05, 4.69) is 0 Å². The number of methoxy groups -OCH3 is 3. The monoisotopic (exact) mass is 346 g/mol. The van der Waals surface area contributed by atoms with Crippen molar-refractivity contribution in [2.24, 2.45) is 0 Å². The van der Waals surface area contributed by atoms with Crippen molar-refractivity contribution in [1.82, 2.24) is 0 Å². The van der Waals surface area contributed by atoms with E-state index in [0.29, 0.717) is 11.3 Å². The van der Waals surface area contributed by atoms with Gasteiger partial charge in [0.05, 0.1) is 21.3 Å². The Hall–Kier alpha value is -3.27. The van der Waals surface area contributed by atoms with Crippen molar-refractivity contribution < 1.29 is 19.0 Å². The molecule has 3 aromatic rings. The molecule has 26 heavy (non-hydrogen) atoms. The zero-order valence-electron chi connectivity index (χ0n) is 14.8. The number of hydrogen-bond donors (Lipinski definition) is 0. The highest BCUT2D eigenvalue weighted by atomic mass is 16.5. The lowest BCUT2D eigenvalue weighted by Crippen LogP contribution is -2.10. The van der Waals surface area contributed by atoms with Crippen molar-refractivity contribution in [3.05, 3.63) is 65.4 Å². The van der Waals surface area contributed by atoms with Gasteiger partial charge in [-0.25, -0.2) is 0 Å². The molecule has 1 aliphatic carbocycles. The van der Waals surface area contributed by atoms with Crippen molar-refractivity contribution in [3.8, 4) is 22.6 Å². The van der Waals surface area contributed by atoms with Gasteiger partial charge in [-0.05, 0) is 40.8 Å². The van der Waals surface area contributed by atoms with E-state index in [-0.39, 0.29) is 5.78 Å². The number of allylic oxidation sites excluding steroid dienone is 1. The van der Waals surface area contributed by atoms with Gasteiger partial charge in [0.15, 0.2) is 5.76 Å². The zero-order chi connectivity index (χ0) is 18.3. The predicted molar refractivity (Wildman–Crippen MR) is 102 cm³/mol. The van der Waals surface area contributed by atoms with Crippen LogP contribution in [0.2, 0.25) is 0 Å². The molecular formula is C22H18O4. The van der Waals surface area contributed by atoms with Crippen LogP contribution in [0.5, 0.6) is 11.5 Å². The molecule has 130 valence electrons. The summed E-state index contributed by atoms with van der Waals surface area (Å²) in [6.45, 7) is 0. The van der Waals surface area contributed by atoms with E-state index in [4.69, 9.17) is 14.2 Å². The molecule has 4 rings (SSSR count). The molecule has 0 bridgehead atoms. The number of hydrogen-bond acceptors (Lipinski definition) is 4. The minimum atomic E-state index is -0.0931. The fourth-order valence-corrected chi connectivity index (χ4v) is 3.49. The smallest absolute Gasteiger partial charge is 0.228 e. The topological polar surface area (TPSA) is 44.8 Å². The summed E-state index contributed by atoms with van der Waals surface area (Å²) in [7, 11) is 4.79. The Morgan fingerprint density at radius 3 is 2.27 bits per heavy atom. The summed E-state index contributed by atoms with van der Waals surface area (Å²) in [6.07, 6.45) is 1.80. The maximum absolute atomic E-state index is 12.7. The maximum Gasteiger partial charge on any atom is 0.228 e. The molecule has 0 atom stereocenters. The first kappa shape index (κ1) is 16.2. The van der Waals surface area contributed by atoms with Gasteiger partial charge in [-0.2, -0.15) is 0 Å². The maximum atomic E-state index is 12.7. The molecular weight excluding hydrogens is 328 g/mol. The second-order valence-corrected chi connectivity index (χ2v) is 6.04. The zero-order valence-corrected chi connectivity index (χ0v) is 14.8. The minimum absolute atomic E-state index is 0.0931. The molecule has 1 aliphatic rings. The first-order valence-corrected chi connectivity index (χ1v) is 8.26. The van der Waals surface area contributed by atoms with Gasteiger partial charge in [-0.15, -0.1) is 0 Å². The van der Waals surface area contributed by atoms with E-state index in [1.807, 2.05) is 48.5 Å². The molecule has 0 fully saturated rings. The Morgan fingerprint density at radius 1 is 0.769 bits per heavy atom. The predicted octanol–water partition coefficient (Wildman–Crippen LogP) is 4.71. The third-order valence-electron chi connectivity index (χ3n) is 4.75. The van der Waals surface area contributed by atoms with Gasteiger partial charge in [-0.3, -0.25) is 4.79 Å². The number of Topliss-reactive ketones (excluding diaryl/α,β-unsaturated/α-hetero) is 1. The Bertz CT molecular complexity index is 1060. The number of carbonyl (C=O) groups is 1. The van der Waals surface area contributed by atoms with Crippen LogP contribution in [0.15, 0.2) is 54.3 Å². The van der Waals surface area contributed by atoms with Crippen LogP contribution in [0.3, 0.4) is 0 Å². The highest BCUT2D eigenvalue weighted by Gasteiger charge is 2.24. The largest absolute Gasteiger partial charge is 0.497 e. The van der Waals surface area contributed by atoms with E-state index in [1.165, 1.54) is 7.11 Å². The molecule has 4 nitrogen and oxygen atoms in total. The van der Waals surface area contributed by atoms with E-state index in [0.717, 1.165) is 39.0 Å². The summed E-state index contributed by atoms with van der Waals surface area (Å²) in [6, 6.07) is 15.6. The van der Waals surface area contributed by atoms with Crippen LogP contribution in [0.4, 0.5) is 0 Å². The molecule has 0 unspecified atom stereocenters. The van der Waals surface area contributed by atoms with Gasteiger partial charge in [0.25, 0.3) is 0 Å². The van der Waals surface area contributed by atoms with E-state index < -0.39 is 0 Å².